The van der Waals surface area contributed by atoms with Crippen molar-refractivity contribution in [1.29, 1.82) is 0 Å². The summed E-state index contributed by atoms with van der Waals surface area (Å²) < 4.78 is 0. The lowest BCUT2D eigenvalue weighted by Crippen LogP contribution is -2.48. The summed E-state index contributed by atoms with van der Waals surface area (Å²) in [4.78, 5) is 16.9. The molecule has 2 aromatic carbocycles. The van der Waals surface area contributed by atoms with E-state index in [1.54, 1.807) is 0 Å². The Morgan fingerprint density at radius 2 is 1.68 bits per heavy atom. The van der Waals surface area contributed by atoms with Crippen LogP contribution in [0.4, 0.5) is 5.69 Å². The van der Waals surface area contributed by atoms with Crippen LogP contribution in [0.15, 0.2) is 48.5 Å². The topological polar surface area (TPSA) is 23.6 Å². The number of piperazine rings is 1. The molecule has 1 saturated heterocycles. The summed E-state index contributed by atoms with van der Waals surface area (Å²) >= 11 is 0. The summed E-state index contributed by atoms with van der Waals surface area (Å²) in [5.74, 6) is 0.805. The van der Waals surface area contributed by atoms with Crippen molar-refractivity contribution in [2.45, 2.75) is 27.2 Å². The number of hydrogen-bond donors (Lipinski definition) is 0. The van der Waals surface area contributed by atoms with Crippen LogP contribution >= 0.6 is 0 Å². The predicted octanol–water partition coefficient (Wildman–Crippen LogP) is 4.16. The van der Waals surface area contributed by atoms with Gasteiger partial charge in [-0.2, -0.15) is 0 Å². The van der Waals surface area contributed by atoms with Gasteiger partial charge in [0.1, 0.15) is 0 Å². The zero-order chi connectivity index (χ0) is 17.8. The molecular formula is C22H28N2O. The van der Waals surface area contributed by atoms with E-state index in [-0.39, 0.29) is 5.91 Å². The zero-order valence-corrected chi connectivity index (χ0v) is 15.5. The average molecular weight is 336 g/mol. The van der Waals surface area contributed by atoms with Crippen LogP contribution in [0.5, 0.6) is 0 Å². The molecule has 3 rings (SSSR count). The van der Waals surface area contributed by atoms with Gasteiger partial charge in [0, 0.05) is 37.4 Å². The van der Waals surface area contributed by atoms with Crippen LogP contribution < -0.4 is 4.90 Å². The first-order valence-electron chi connectivity index (χ1n) is 9.23. The van der Waals surface area contributed by atoms with E-state index in [1.807, 2.05) is 35.2 Å². The van der Waals surface area contributed by atoms with Crippen LogP contribution in [-0.4, -0.2) is 37.0 Å². The molecule has 1 aliphatic rings. The summed E-state index contributed by atoms with van der Waals surface area (Å²) in [6, 6.07) is 16.4. The van der Waals surface area contributed by atoms with Crippen molar-refractivity contribution >= 4 is 11.6 Å². The molecule has 0 spiro atoms. The zero-order valence-electron chi connectivity index (χ0n) is 15.5. The molecule has 1 fully saturated rings. The highest BCUT2D eigenvalue weighted by atomic mass is 16.2. The summed E-state index contributed by atoms with van der Waals surface area (Å²) in [5, 5.41) is 0. The molecule has 2 aromatic rings. The van der Waals surface area contributed by atoms with E-state index in [1.165, 1.54) is 16.8 Å². The van der Waals surface area contributed by atoms with E-state index in [0.717, 1.165) is 38.2 Å². The Hall–Kier alpha value is -2.29. The minimum atomic E-state index is 0.143. The molecule has 0 radical (unpaired) electrons. The average Bonchev–Trinajstić information content (AvgIpc) is 2.63. The summed E-state index contributed by atoms with van der Waals surface area (Å²) in [7, 11) is 0. The third-order valence-corrected chi connectivity index (χ3v) is 4.91. The lowest BCUT2D eigenvalue weighted by molar-refractivity contribution is 0.0747. The van der Waals surface area contributed by atoms with Crippen LogP contribution in [-0.2, 0) is 6.42 Å². The van der Waals surface area contributed by atoms with Gasteiger partial charge in [0.2, 0.25) is 0 Å². The van der Waals surface area contributed by atoms with Crippen LogP contribution in [0.25, 0.3) is 0 Å². The Morgan fingerprint density at radius 1 is 1.00 bits per heavy atom. The predicted molar refractivity (Wildman–Crippen MR) is 104 cm³/mol. The van der Waals surface area contributed by atoms with Gasteiger partial charge in [0.25, 0.3) is 5.91 Å². The maximum absolute atomic E-state index is 12.6. The first-order chi connectivity index (χ1) is 12.0. The Balaban J connectivity index is 1.65. The van der Waals surface area contributed by atoms with Crippen molar-refractivity contribution in [3.05, 3.63) is 65.2 Å². The SMILES string of the molecule is Cc1ccc(N2CCN(C(=O)c3ccccc3)CC2)cc1CC(C)C. The van der Waals surface area contributed by atoms with Crippen molar-refractivity contribution < 1.29 is 4.79 Å². The molecule has 0 bridgehead atoms. The second-order valence-corrected chi connectivity index (χ2v) is 7.35. The van der Waals surface area contributed by atoms with Gasteiger partial charge in [-0.1, -0.05) is 38.1 Å². The third kappa shape index (κ3) is 4.22. The summed E-state index contributed by atoms with van der Waals surface area (Å²) in [6.45, 7) is 10.1. The smallest absolute Gasteiger partial charge is 0.253 e. The van der Waals surface area contributed by atoms with Gasteiger partial charge < -0.3 is 9.80 Å². The molecule has 0 aliphatic carbocycles. The maximum Gasteiger partial charge on any atom is 0.253 e. The molecule has 0 aromatic heterocycles. The van der Waals surface area contributed by atoms with Crippen molar-refractivity contribution in [3.63, 3.8) is 0 Å². The quantitative estimate of drug-likeness (QED) is 0.837. The molecule has 3 nitrogen and oxygen atoms in total. The van der Waals surface area contributed by atoms with Gasteiger partial charge >= 0.3 is 0 Å². The second-order valence-electron chi connectivity index (χ2n) is 7.35. The molecule has 0 saturated carbocycles. The number of amides is 1. The minimum absolute atomic E-state index is 0.143. The van der Waals surface area contributed by atoms with Crippen molar-refractivity contribution in [2.24, 2.45) is 5.92 Å². The first-order valence-corrected chi connectivity index (χ1v) is 9.23. The Bertz CT molecular complexity index is 716. The van der Waals surface area contributed by atoms with Crippen molar-refractivity contribution in [3.8, 4) is 0 Å². The molecule has 0 unspecified atom stereocenters. The van der Waals surface area contributed by atoms with Crippen LogP contribution in [0.1, 0.15) is 35.3 Å². The maximum atomic E-state index is 12.6. The van der Waals surface area contributed by atoms with Crippen LogP contribution in [0.2, 0.25) is 0 Å². The largest absolute Gasteiger partial charge is 0.368 e. The van der Waals surface area contributed by atoms with Gasteiger partial charge in [-0.25, -0.2) is 0 Å². The standard InChI is InChI=1S/C22H28N2O/c1-17(2)15-20-16-21(10-9-18(20)3)23-11-13-24(14-12-23)22(25)19-7-5-4-6-8-19/h4-10,16-17H,11-15H2,1-3H3. The van der Waals surface area contributed by atoms with Gasteiger partial charge in [-0.15, -0.1) is 0 Å². The molecule has 25 heavy (non-hydrogen) atoms. The fourth-order valence-electron chi connectivity index (χ4n) is 3.45. The molecular weight excluding hydrogens is 308 g/mol. The molecule has 1 aliphatic heterocycles. The Morgan fingerprint density at radius 3 is 2.32 bits per heavy atom. The lowest BCUT2D eigenvalue weighted by Gasteiger charge is -2.36. The number of carbonyl (C=O) groups is 1. The fourth-order valence-corrected chi connectivity index (χ4v) is 3.45. The molecule has 0 N–H and O–H groups in total. The summed E-state index contributed by atoms with van der Waals surface area (Å²) in [6.07, 6.45) is 1.12. The fraction of sp³-hybridized carbons (Fsp3) is 0.409. The first kappa shape index (κ1) is 17.5. The van der Waals surface area contributed by atoms with Gasteiger partial charge in [-0.05, 0) is 54.7 Å². The van der Waals surface area contributed by atoms with E-state index < -0.39 is 0 Å². The number of hydrogen-bond acceptors (Lipinski definition) is 2. The van der Waals surface area contributed by atoms with Crippen LogP contribution in [0, 0.1) is 12.8 Å². The molecule has 0 atom stereocenters. The minimum Gasteiger partial charge on any atom is -0.368 e. The highest BCUT2D eigenvalue weighted by Gasteiger charge is 2.22. The van der Waals surface area contributed by atoms with E-state index in [0.29, 0.717) is 5.92 Å². The van der Waals surface area contributed by atoms with Crippen LogP contribution in [0.3, 0.4) is 0 Å². The van der Waals surface area contributed by atoms with Gasteiger partial charge in [0.15, 0.2) is 0 Å². The lowest BCUT2D eigenvalue weighted by atomic mass is 9.98. The summed E-state index contributed by atoms with van der Waals surface area (Å²) in [5.41, 5.74) is 4.88. The highest BCUT2D eigenvalue weighted by Crippen LogP contribution is 2.23. The Kier molecular flexibility index (Phi) is 5.42. The number of benzene rings is 2. The van der Waals surface area contributed by atoms with Crippen molar-refractivity contribution in [1.82, 2.24) is 4.90 Å². The highest BCUT2D eigenvalue weighted by molar-refractivity contribution is 5.94. The number of aryl methyl sites for hydroxylation is 1. The molecule has 132 valence electrons. The normalized spacial score (nSPS) is 14.9. The number of nitrogens with zero attached hydrogens (tertiary/aromatic N) is 2. The third-order valence-electron chi connectivity index (χ3n) is 4.91. The molecule has 3 heteroatoms. The number of carbonyl (C=O) groups excluding carboxylic acids is 1. The van der Waals surface area contributed by atoms with Crippen molar-refractivity contribution in [2.75, 3.05) is 31.1 Å². The second kappa shape index (κ2) is 7.73. The van der Waals surface area contributed by atoms with Gasteiger partial charge in [-0.3, -0.25) is 4.79 Å². The van der Waals surface area contributed by atoms with E-state index in [9.17, 15) is 4.79 Å². The monoisotopic (exact) mass is 336 g/mol. The number of rotatable bonds is 4. The van der Waals surface area contributed by atoms with E-state index in [4.69, 9.17) is 0 Å². The van der Waals surface area contributed by atoms with Gasteiger partial charge in [0.05, 0.1) is 0 Å². The number of anilines is 1. The molecule has 1 heterocycles. The van der Waals surface area contributed by atoms with E-state index in [2.05, 4.69) is 43.9 Å². The Labute approximate surface area is 151 Å². The molecule has 1 amide bonds. The van der Waals surface area contributed by atoms with E-state index >= 15 is 0 Å².